The molecule has 0 unspecified atom stereocenters. The van der Waals surface area contributed by atoms with Crippen molar-refractivity contribution in [3.8, 4) is 0 Å². The molecule has 2 N–H and O–H groups in total. The molecule has 1 atom stereocenters. The first-order valence-electron chi connectivity index (χ1n) is 5.60. The summed E-state index contributed by atoms with van der Waals surface area (Å²) < 4.78 is 0. The van der Waals surface area contributed by atoms with Crippen LogP contribution < -0.4 is 5.73 Å². The highest BCUT2D eigenvalue weighted by molar-refractivity contribution is 5.81. The van der Waals surface area contributed by atoms with Crippen molar-refractivity contribution in [1.82, 2.24) is 4.90 Å². The van der Waals surface area contributed by atoms with Crippen molar-refractivity contribution in [3.05, 3.63) is 35.4 Å². The van der Waals surface area contributed by atoms with Gasteiger partial charge in [-0.1, -0.05) is 36.8 Å². The second-order valence-electron chi connectivity index (χ2n) is 4.20. The first-order chi connectivity index (χ1) is 7.54. The molecule has 0 saturated heterocycles. The standard InChI is InChI=1S/C13H20N2O/c1-4-12(14)13(16)15(3)9-11-7-5-6-10(2)8-11/h5-8,12H,4,9,14H2,1-3H3/t12-/m0/s1. The fraction of sp³-hybridized carbons (Fsp3) is 0.462. The lowest BCUT2D eigenvalue weighted by Crippen LogP contribution is -2.40. The zero-order chi connectivity index (χ0) is 12.1. The number of aryl methyl sites for hydroxylation is 1. The van der Waals surface area contributed by atoms with E-state index in [1.165, 1.54) is 5.56 Å². The maximum absolute atomic E-state index is 11.8. The normalized spacial score (nSPS) is 12.2. The van der Waals surface area contributed by atoms with Crippen molar-refractivity contribution in [2.45, 2.75) is 32.9 Å². The number of carbonyl (C=O) groups excluding carboxylic acids is 1. The van der Waals surface area contributed by atoms with Crippen LogP contribution in [0.5, 0.6) is 0 Å². The molecule has 3 heteroatoms. The Bertz CT molecular complexity index is 363. The van der Waals surface area contributed by atoms with E-state index in [-0.39, 0.29) is 11.9 Å². The van der Waals surface area contributed by atoms with Crippen molar-refractivity contribution >= 4 is 5.91 Å². The smallest absolute Gasteiger partial charge is 0.239 e. The highest BCUT2D eigenvalue weighted by atomic mass is 16.2. The molecule has 16 heavy (non-hydrogen) atoms. The van der Waals surface area contributed by atoms with Crippen LogP contribution >= 0.6 is 0 Å². The molecular weight excluding hydrogens is 200 g/mol. The van der Waals surface area contributed by atoms with Gasteiger partial charge in [0.2, 0.25) is 5.91 Å². The molecule has 0 bridgehead atoms. The number of nitrogens with zero attached hydrogens (tertiary/aromatic N) is 1. The molecule has 88 valence electrons. The maximum Gasteiger partial charge on any atom is 0.239 e. The van der Waals surface area contributed by atoms with Gasteiger partial charge >= 0.3 is 0 Å². The van der Waals surface area contributed by atoms with Crippen LogP contribution in [-0.2, 0) is 11.3 Å². The lowest BCUT2D eigenvalue weighted by molar-refractivity contribution is -0.131. The van der Waals surface area contributed by atoms with Crippen LogP contribution in [0.25, 0.3) is 0 Å². The molecule has 3 nitrogen and oxygen atoms in total. The molecule has 1 aromatic rings. The molecule has 0 heterocycles. The molecule has 0 saturated carbocycles. The fourth-order valence-corrected chi connectivity index (χ4v) is 1.62. The Hall–Kier alpha value is -1.35. The topological polar surface area (TPSA) is 46.3 Å². The predicted octanol–water partition coefficient (Wildman–Crippen LogP) is 1.69. The second kappa shape index (κ2) is 5.66. The molecule has 0 radical (unpaired) electrons. The Balaban J connectivity index is 2.64. The monoisotopic (exact) mass is 220 g/mol. The average Bonchev–Trinajstić information content (AvgIpc) is 2.27. The summed E-state index contributed by atoms with van der Waals surface area (Å²) >= 11 is 0. The molecular formula is C13H20N2O. The first-order valence-corrected chi connectivity index (χ1v) is 5.60. The lowest BCUT2D eigenvalue weighted by Gasteiger charge is -2.20. The molecule has 1 amide bonds. The molecule has 0 aromatic heterocycles. The van der Waals surface area contributed by atoms with E-state index >= 15 is 0 Å². The Morgan fingerprint density at radius 2 is 2.19 bits per heavy atom. The van der Waals surface area contributed by atoms with Crippen LogP contribution in [0.2, 0.25) is 0 Å². The summed E-state index contributed by atoms with van der Waals surface area (Å²) in [6.45, 7) is 4.58. The van der Waals surface area contributed by atoms with E-state index in [1.807, 2.05) is 32.0 Å². The average molecular weight is 220 g/mol. The predicted molar refractivity (Wildman–Crippen MR) is 65.9 cm³/mol. The summed E-state index contributed by atoms with van der Waals surface area (Å²) in [6.07, 6.45) is 0.678. The maximum atomic E-state index is 11.8. The van der Waals surface area contributed by atoms with Crippen molar-refractivity contribution in [2.75, 3.05) is 7.05 Å². The Morgan fingerprint density at radius 3 is 2.75 bits per heavy atom. The SMILES string of the molecule is CC[C@H](N)C(=O)N(C)Cc1cccc(C)c1. The number of likely N-dealkylation sites (N-methyl/N-ethyl adjacent to an activating group) is 1. The summed E-state index contributed by atoms with van der Waals surface area (Å²) in [7, 11) is 1.79. The van der Waals surface area contributed by atoms with Gasteiger partial charge in [0.15, 0.2) is 0 Å². The minimum Gasteiger partial charge on any atom is -0.340 e. The Kier molecular flexibility index (Phi) is 4.50. The van der Waals surface area contributed by atoms with Gasteiger partial charge in [0, 0.05) is 13.6 Å². The van der Waals surface area contributed by atoms with Gasteiger partial charge < -0.3 is 10.6 Å². The third-order valence-corrected chi connectivity index (χ3v) is 2.64. The lowest BCUT2D eigenvalue weighted by atomic mass is 10.1. The summed E-state index contributed by atoms with van der Waals surface area (Å²) in [4.78, 5) is 13.4. The highest BCUT2D eigenvalue weighted by Gasteiger charge is 2.15. The van der Waals surface area contributed by atoms with Gasteiger partial charge in [-0.15, -0.1) is 0 Å². The van der Waals surface area contributed by atoms with Crippen molar-refractivity contribution < 1.29 is 4.79 Å². The van der Waals surface area contributed by atoms with Crippen LogP contribution in [0.15, 0.2) is 24.3 Å². The number of benzene rings is 1. The van der Waals surface area contributed by atoms with E-state index in [0.717, 1.165) is 5.56 Å². The second-order valence-corrected chi connectivity index (χ2v) is 4.20. The van der Waals surface area contributed by atoms with Gasteiger partial charge in [-0.25, -0.2) is 0 Å². The minimum absolute atomic E-state index is 0.00371. The first kappa shape index (κ1) is 12.7. The highest BCUT2D eigenvalue weighted by Crippen LogP contribution is 2.07. The van der Waals surface area contributed by atoms with E-state index in [2.05, 4.69) is 6.07 Å². The third kappa shape index (κ3) is 3.35. The molecule has 1 aromatic carbocycles. The Labute approximate surface area is 97.2 Å². The third-order valence-electron chi connectivity index (χ3n) is 2.64. The van der Waals surface area contributed by atoms with E-state index in [1.54, 1.807) is 11.9 Å². The van der Waals surface area contributed by atoms with Crippen molar-refractivity contribution in [1.29, 1.82) is 0 Å². The van der Waals surface area contributed by atoms with Crippen LogP contribution in [0, 0.1) is 6.92 Å². The van der Waals surface area contributed by atoms with Crippen molar-refractivity contribution in [2.24, 2.45) is 5.73 Å². The quantitative estimate of drug-likeness (QED) is 0.839. The van der Waals surface area contributed by atoms with Crippen molar-refractivity contribution in [3.63, 3.8) is 0 Å². The van der Waals surface area contributed by atoms with Crippen LogP contribution in [0.3, 0.4) is 0 Å². The minimum atomic E-state index is -0.380. The number of carbonyl (C=O) groups is 1. The van der Waals surface area contributed by atoms with Gasteiger partial charge in [0.05, 0.1) is 6.04 Å². The molecule has 0 fully saturated rings. The largest absolute Gasteiger partial charge is 0.340 e. The number of amides is 1. The zero-order valence-electron chi connectivity index (χ0n) is 10.2. The van der Waals surface area contributed by atoms with Crippen LogP contribution in [-0.4, -0.2) is 23.9 Å². The number of hydrogen-bond acceptors (Lipinski definition) is 2. The summed E-state index contributed by atoms with van der Waals surface area (Å²) in [5.41, 5.74) is 8.05. The summed E-state index contributed by atoms with van der Waals surface area (Å²) in [5, 5.41) is 0. The fourth-order valence-electron chi connectivity index (χ4n) is 1.62. The van der Waals surface area contributed by atoms with E-state index < -0.39 is 0 Å². The molecule has 0 aliphatic heterocycles. The number of nitrogens with two attached hydrogens (primary N) is 1. The zero-order valence-corrected chi connectivity index (χ0v) is 10.2. The van der Waals surface area contributed by atoms with Gasteiger partial charge in [0.25, 0.3) is 0 Å². The number of rotatable bonds is 4. The summed E-state index contributed by atoms with van der Waals surface area (Å²) in [5.74, 6) is 0.00371. The van der Waals surface area contributed by atoms with Gasteiger partial charge in [0.1, 0.15) is 0 Å². The molecule has 0 aliphatic carbocycles. The molecule has 0 spiro atoms. The van der Waals surface area contributed by atoms with E-state index in [0.29, 0.717) is 13.0 Å². The Morgan fingerprint density at radius 1 is 1.50 bits per heavy atom. The van der Waals surface area contributed by atoms with Crippen LogP contribution in [0.4, 0.5) is 0 Å². The van der Waals surface area contributed by atoms with E-state index in [9.17, 15) is 4.79 Å². The van der Waals surface area contributed by atoms with Crippen LogP contribution in [0.1, 0.15) is 24.5 Å². The summed E-state index contributed by atoms with van der Waals surface area (Å²) in [6, 6.07) is 7.77. The van der Waals surface area contributed by atoms with Gasteiger partial charge in [-0.3, -0.25) is 4.79 Å². The molecule has 0 aliphatic rings. The van der Waals surface area contributed by atoms with Gasteiger partial charge in [-0.05, 0) is 18.9 Å². The number of hydrogen-bond donors (Lipinski definition) is 1. The van der Waals surface area contributed by atoms with E-state index in [4.69, 9.17) is 5.73 Å². The van der Waals surface area contributed by atoms with Gasteiger partial charge in [-0.2, -0.15) is 0 Å². The molecule has 1 rings (SSSR count).